The second-order valence-corrected chi connectivity index (χ2v) is 5.33. The lowest BCUT2D eigenvalue weighted by molar-refractivity contribution is 0.0690. The van der Waals surface area contributed by atoms with Gasteiger partial charge in [-0.05, 0) is 17.7 Å². The third-order valence-corrected chi connectivity index (χ3v) is 3.73. The van der Waals surface area contributed by atoms with Gasteiger partial charge in [0.1, 0.15) is 10.3 Å². The molecule has 1 aromatic carbocycles. The molecule has 1 N–H and O–H groups in total. The van der Waals surface area contributed by atoms with Crippen molar-refractivity contribution >= 4 is 46.4 Å². The van der Waals surface area contributed by atoms with Crippen LogP contribution >= 0.6 is 34.8 Å². The third kappa shape index (κ3) is 2.44. The summed E-state index contributed by atoms with van der Waals surface area (Å²) in [7, 11) is 0. The molecule has 0 saturated carbocycles. The number of hydrogen-bond acceptors (Lipinski definition) is 3. The van der Waals surface area contributed by atoms with Gasteiger partial charge < -0.3 is 5.11 Å². The fourth-order valence-electron chi connectivity index (χ4n) is 1.90. The first-order valence-electron chi connectivity index (χ1n) is 5.71. The van der Waals surface area contributed by atoms with E-state index in [-0.39, 0.29) is 21.6 Å². The average molecular weight is 343 g/mol. The fourth-order valence-corrected chi connectivity index (χ4v) is 2.68. The minimum absolute atomic E-state index is 0.159. The summed E-state index contributed by atoms with van der Waals surface area (Å²) in [5.74, 6) is -1.17. The molecule has 0 aliphatic rings. The molecule has 0 fully saturated rings. The number of carbonyl (C=O) groups is 1. The molecule has 0 radical (unpaired) electrons. The molecule has 5 nitrogen and oxygen atoms in total. The average Bonchev–Trinajstić information content (AvgIpc) is 2.85. The molecule has 0 saturated heterocycles. The summed E-state index contributed by atoms with van der Waals surface area (Å²) >= 11 is 18.3. The molecule has 2 heterocycles. The topological polar surface area (TPSA) is 67.5 Å². The van der Waals surface area contributed by atoms with Crippen molar-refractivity contribution in [1.29, 1.82) is 0 Å². The van der Waals surface area contributed by atoms with Gasteiger partial charge in [0.05, 0.1) is 5.56 Å². The zero-order chi connectivity index (χ0) is 15.1. The molecular weight excluding hydrogens is 337 g/mol. The van der Waals surface area contributed by atoms with Gasteiger partial charge in [0.2, 0.25) is 0 Å². The van der Waals surface area contributed by atoms with Gasteiger partial charge in [-0.15, -0.1) is 0 Å². The number of carboxylic acids is 1. The van der Waals surface area contributed by atoms with Crippen molar-refractivity contribution < 1.29 is 9.90 Å². The zero-order valence-corrected chi connectivity index (χ0v) is 12.5. The van der Waals surface area contributed by atoms with E-state index in [0.717, 1.165) is 0 Å². The quantitative estimate of drug-likeness (QED) is 0.713. The van der Waals surface area contributed by atoms with Crippen LogP contribution in [0.5, 0.6) is 0 Å². The number of rotatable bonds is 2. The van der Waals surface area contributed by atoms with E-state index >= 15 is 0 Å². The van der Waals surface area contributed by atoms with Gasteiger partial charge in [-0.1, -0.05) is 46.9 Å². The summed E-state index contributed by atoms with van der Waals surface area (Å²) < 4.78 is 1.24. The standard InChI is InChI=1S/C13H6Cl3N3O2/c14-7-3-1-6(2-4-7)10-11(15)17-9-5-8(13(20)21)18-19(9)12(10)16/h1-5H,(H,20,21). The van der Waals surface area contributed by atoms with Crippen molar-refractivity contribution in [3.63, 3.8) is 0 Å². The first-order valence-corrected chi connectivity index (χ1v) is 6.85. The number of aromatic nitrogens is 3. The summed E-state index contributed by atoms with van der Waals surface area (Å²) in [6.45, 7) is 0. The van der Waals surface area contributed by atoms with Gasteiger partial charge >= 0.3 is 5.97 Å². The number of nitrogens with zero attached hydrogens (tertiary/aromatic N) is 3. The largest absolute Gasteiger partial charge is 0.476 e. The Morgan fingerprint density at radius 2 is 1.81 bits per heavy atom. The van der Waals surface area contributed by atoms with Crippen molar-refractivity contribution in [3.05, 3.63) is 51.4 Å². The van der Waals surface area contributed by atoms with Gasteiger partial charge in [0.15, 0.2) is 11.3 Å². The Kier molecular flexibility index (Phi) is 3.49. The zero-order valence-electron chi connectivity index (χ0n) is 10.2. The minimum Gasteiger partial charge on any atom is -0.476 e. The highest BCUT2D eigenvalue weighted by molar-refractivity contribution is 6.38. The number of aromatic carboxylic acids is 1. The first kappa shape index (κ1) is 14.1. The van der Waals surface area contributed by atoms with Gasteiger partial charge in [-0.25, -0.2) is 14.3 Å². The van der Waals surface area contributed by atoms with E-state index < -0.39 is 5.97 Å². The van der Waals surface area contributed by atoms with E-state index in [1.807, 2.05) is 0 Å². The normalized spacial score (nSPS) is 11.0. The molecule has 0 aliphatic carbocycles. The van der Waals surface area contributed by atoms with E-state index in [9.17, 15) is 4.79 Å². The predicted octanol–water partition coefficient (Wildman–Crippen LogP) is 4.05. The minimum atomic E-state index is -1.17. The molecule has 0 bridgehead atoms. The highest BCUT2D eigenvalue weighted by Gasteiger charge is 2.18. The third-order valence-electron chi connectivity index (χ3n) is 2.85. The number of hydrogen-bond donors (Lipinski definition) is 1. The Morgan fingerprint density at radius 3 is 2.43 bits per heavy atom. The van der Waals surface area contributed by atoms with Crippen molar-refractivity contribution in [2.75, 3.05) is 0 Å². The second kappa shape index (κ2) is 5.18. The van der Waals surface area contributed by atoms with E-state index in [2.05, 4.69) is 10.1 Å². The van der Waals surface area contributed by atoms with E-state index in [1.165, 1.54) is 10.6 Å². The van der Waals surface area contributed by atoms with E-state index in [4.69, 9.17) is 39.9 Å². The lowest BCUT2D eigenvalue weighted by Gasteiger charge is -2.08. The van der Waals surface area contributed by atoms with Gasteiger partial charge in [0, 0.05) is 11.1 Å². The summed E-state index contributed by atoms with van der Waals surface area (Å²) in [6, 6.07) is 8.17. The van der Waals surface area contributed by atoms with Crippen LogP contribution in [0.25, 0.3) is 16.8 Å². The fraction of sp³-hybridized carbons (Fsp3) is 0. The molecule has 0 spiro atoms. The highest BCUT2D eigenvalue weighted by atomic mass is 35.5. The second-order valence-electron chi connectivity index (χ2n) is 4.18. The highest BCUT2D eigenvalue weighted by Crippen LogP contribution is 2.34. The van der Waals surface area contributed by atoms with Crippen LogP contribution in [0.1, 0.15) is 10.5 Å². The van der Waals surface area contributed by atoms with Gasteiger partial charge in [-0.3, -0.25) is 0 Å². The first-order chi connectivity index (χ1) is 9.97. The molecule has 0 atom stereocenters. The summed E-state index contributed by atoms with van der Waals surface area (Å²) in [6.07, 6.45) is 0. The van der Waals surface area contributed by atoms with Gasteiger partial charge in [0.25, 0.3) is 0 Å². The van der Waals surface area contributed by atoms with Gasteiger partial charge in [-0.2, -0.15) is 5.10 Å². The maximum absolute atomic E-state index is 11.0. The van der Waals surface area contributed by atoms with Crippen molar-refractivity contribution in [1.82, 2.24) is 14.6 Å². The predicted molar refractivity (Wildman–Crippen MR) is 80.4 cm³/mol. The Hall–Kier alpha value is -1.82. The lowest BCUT2D eigenvalue weighted by Crippen LogP contribution is -2.00. The van der Waals surface area contributed by atoms with Crippen molar-refractivity contribution in [3.8, 4) is 11.1 Å². The molecule has 3 aromatic rings. The van der Waals surface area contributed by atoms with Crippen molar-refractivity contribution in [2.45, 2.75) is 0 Å². The van der Waals surface area contributed by atoms with Crippen LogP contribution in [0.4, 0.5) is 0 Å². The SMILES string of the molecule is O=C(O)c1cc2nc(Cl)c(-c3ccc(Cl)cc3)c(Cl)n2n1. The summed E-state index contributed by atoms with van der Waals surface area (Å²) in [5, 5.41) is 13.8. The van der Waals surface area contributed by atoms with Crippen LogP contribution in [0.3, 0.4) is 0 Å². The van der Waals surface area contributed by atoms with Crippen LogP contribution in [0.15, 0.2) is 30.3 Å². The summed E-state index contributed by atoms with van der Waals surface area (Å²) in [5.41, 5.74) is 1.27. The molecular formula is C13H6Cl3N3O2. The van der Waals surface area contributed by atoms with Crippen LogP contribution in [-0.2, 0) is 0 Å². The summed E-state index contributed by atoms with van der Waals surface area (Å²) in [4.78, 5) is 15.1. The number of halogens is 3. The van der Waals surface area contributed by atoms with E-state index in [0.29, 0.717) is 16.1 Å². The van der Waals surface area contributed by atoms with Crippen LogP contribution in [0, 0.1) is 0 Å². The van der Waals surface area contributed by atoms with Crippen LogP contribution < -0.4 is 0 Å². The molecule has 106 valence electrons. The van der Waals surface area contributed by atoms with Crippen LogP contribution in [0.2, 0.25) is 15.3 Å². The molecule has 21 heavy (non-hydrogen) atoms. The monoisotopic (exact) mass is 341 g/mol. The molecule has 8 heteroatoms. The molecule has 0 unspecified atom stereocenters. The number of fused-ring (bicyclic) bond motifs is 1. The molecule has 2 aromatic heterocycles. The maximum Gasteiger partial charge on any atom is 0.356 e. The number of carboxylic acid groups (broad SMARTS) is 1. The lowest BCUT2D eigenvalue weighted by atomic mass is 10.1. The van der Waals surface area contributed by atoms with Crippen molar-refractivity contribution in [2.24, 2.45) is 0 Å². The smallest absolute Gasteiger partial charge is 0.356 e. The van der Waals surface area contributed by atoms with Crippen LogP contribution in [-0.4, -0.2) is 25.7 Å². The number of benzene rings is 1. The molecule has 0 aliphatic heterocycles. The Morgan fingerprint density at radius 1 is 1.14 bits per heavy atom. The molecule has 0 amide bonds. The molecule has 3 rings (SSSR count). The Bertz CT molecular complexity index is 859. The Balaban J connectivity index is 2.28. The Labute approximate surface area is 133 Å². The van der Waals surface area contributed by atoms with E-state index in [1.54, 1.807) is 24.3 Å². The maximum atomic E-state index is 11.0.